The van der Waals surface area contributed by atoms with Crippen molar-refractivity contribution >= 4 is 17.1 Å². The normalized spacial score (nSPS) is 11.3. The minimum absolute atomic E-state index is 0.0544. The Hall–Kier alpha value is -1.82. The van der Waals surface area contributed by atoms with E-state index in [1.165, 1.54) is 6.07 Å². The van der Waals surface area contributed by atoms with E-state index in [0.717, 1.165) is 6.42 Å². The topological polar surface area (TPSA) is 101 Å². The highest BCUT2D eigenvalue weighted by Gasteiger charge is 2.21. The smallest absolute Gasteiger partial charge is 0.314 e. The fourth-order valence-corrected chi connectivity index (χ4v) is 1.89. The number of anilines is 2. The number of nitrogens with one attached hydrogen (secondary N) is 1. The Bertz CT molecular complexity index is 447. The first-order chi connectivity index (χ1) is 8.87. The summed E-state index contributed by atoms with van der Waals surface area (Å²) in [5.41, 5.74) is 6.08. The van der Waals surface area contributed by atoms with Crippen molar-refractivity contribution in [2.75, 3.05) is 24.2 Å². The number of nitrogens with two attached hydrogens (primary N) is 1. The minimum atomic E-state index is -0.474. The Morgan fingerprint density at radius 1 is 1.47 bits per heavy atom. The molecule has 6 nitrogen and oxygen atoms in total. The van der Waals surface area contributed by atoms with Crippen molar-refractivity contribution in [2.24, 2.45) is 5.41 Å². The summed E-state index contributed by atoms with van der Waals surface area (Å²) in [5, 5.41) is 22.9. The third-order valence-corrected chi connectivity index (χ3v) is 3.02. The van der Waals surface area contributed by atoms with Crippen molar-refractivity contribution in [1.82, 2.24) is 0 Å². The lowest BCUT2D eigenvalue weighted by Crippen LogP contribution is -2.23. The second-order valence-corrected chi connectivity index (χ2v) is 5.35. The second kappa shape index (κ2) is 6.38. The summed E-state index contributed by atoms with van der Waals surface area (Å²) < 4.78 is 0. The number of nitrogens with zero attached hydrogens (tertiary/aromatic N) is 1. The van der Waals surface area contributed by atoms with Crippen molar-refractivity contribution < 1.29 is 10.0 Å². The molecule has 19 heavy (non-hydrogen) atoms. The molecule has 0 heterocycles. The summed E-state index contributed by atoms with van der Waals surface area (Å²) in [6, 6.07) is 4.85. The molecule has 106 valence electrons. The molecule has 0 atom stereocenters. The third kappa shape index (κ3) is 4.40. The second-order valence-electron chi connectivity index (χ2n) is 5.35. The number of aliphatic hydroxyl groups excluding tert-OH is 1. The minimum Gasteiger partial charge on any atom is -0.396 e. The molecule has 0 aliphatic rings. The highest BCUT2D eigenvalue weighted by atomic mass is 16.6. The van der Waals surface area contributed by atoms with Gasteiger partial charge in [-0.05, 0) is 30.4 Å². The molecule has 0 unspecified atom stereocenters. The average molecular weight is 267 g/mol. The zero-order chi connectivity index (χ0) is 14.5. The first kappa shape index (κ1) is 15.2. The van der Waals surface area contributed by atoms with E-state index in [4.69, 9.17) is 10.8 Å². The van der Waals surface area contributed by atoms with Crippen LogP contribution in [0.1, 0.15) is 26.7 Å². The predicted molar refractivity (Wildman–Crippen MR) is 76.1 cm³/mol. The number of nitro groups is 1. The lowest BCUT2D eigenvalue weighted by atomic mass is 9.88. The van der Waals surface area contributed by atoms with Gasteiger partial charge in [0.05, 0.1) is 4.92 Å². The van der Waals surface area contributed by atoms with Crippen molar-refractivity contribution in [3.05, 3.63) is 28.3 Å². The van der Waals surface area contributed by atoms with E-state index in [1.54, 1.807) is 12.1 Å². The third-order valence-electron chi connectivity index (χ3n) is 3.02. The van der Waals surface area contributed by atoms with Crippen LogP contribution in [-0.4, -0.2) is 23.2 Å². The number of nitrogen functional groups attached to an aromatic ring is 1. The van der Waals surface area contributed by atoms with E-state index < -0.39 is 4.92 Å². The predicted octanol–water partition coefficient (Wildman–Crippen LogP) is 2.39. The van der Waals surface area contributed by atoms with Gasteiger partial charge in [-0.25, -0.2) is 0 Å². The number of para-hydroxylation sites is 1. The molecule has 0 aliphatic carbocycles. The van der Waals surface area contributed by atoms with Crippen LogP contribution >= 0.6 is 0 Å². The molecule has 0 bridgehead atoms. The van der Waals surface area contributed by atoms with Crippen molar-refractivity contribution in [3.8, 4) is 0 Å². The molecule has 0 aromatic heterocycles. The Balaban J connectivity index is 2.78. The van der Waals surface area contributed by atoms with E-state index >= 15 is 0 Å². The van der Waals surface area contributed by atoms with Crippen LogP contribution in [0.5, 0.6) is 0 Å². The number of aliphatic hydroxyl groups is 1. The van der Waals surface area contributed by atoms with Crippen LogP contribution in [0.3, 0.4) is 0 Å². The quantitative estimate of drug-likeness (QED) is 0.400. The van der Waals surface area contributed by atoms with E-state index in [9.17, 15) is 10.1 Å². The maximum Gasteiger partial charge on any atom is 0.314 e. The summed E-state index contributed by atoms with van der Waals surface area (Å²) in [4.78, 5) is 10.5. The fraction of sp³-hybridized carbons (Fsp3) is 0.538. The molecule has 0 aliphatic heterocycles. The largest absolute Gasteiger partial charge is 0.396 e. The molecule has 0 saturated carbocycles. The van der Waals surface area contributed by atoms with Gasteiger partial charge in [0.15, 0.2) is 0 Å². The molecule has 6 heteroatoms. The van der Waals surface area contributed by atoms with Crippen LogP contribution in [0, 0.1) is 15.5 Å². The highest BCUT2D eigenvalue weighted by Crippen LogP contribution is 2.32. The van der Waals surface area contributed by atoms with Gasteiger partial charge in [0.25, 0.3) is 0 Å². The van der Waals surface area contributed by atoms with Gasteiger partial charge in [-0.2, -0.15) is 0 Å². The molecule has 1 aromatic rings. The monoisotopic (exact) mass is 267 g/mol. The van der Waals surface area contributed by atoms with E-state index in [-0.39, 0.29) is 23.4 Å². The van der Waals surface area contributed by atoms with Gasteiger partial charge in [0.1, 0.15) is 11.4 Å². The van der Waals surface area contributed by atoms with Crippen molar-refractivity contribution in [2.45, 2.75) is 26.7 Å². The maximum atomic E-state index is 11.0. The number of hydrogen-bond acceptors (Lipinski definition) is 5. The van der Waals surface area contributed by atoms with Gasteiger partial charge >= 0.3 is 5.69 Å². The van der Waals surface area contributed by atoms with Crippen LogP contribution in [-0.2, 0) is 0 Å². The van der Waals surface area contributed by atoms with Crippen LogP contribution in [0.25, 0.3) is 0 Å². The molecule has 0 saturated heterocycles. The van der Waals surface area contributed by atoms with Gasteiger partial charge in [-0.3, -0.25) is 10.1 Å². The first-order valence-electron chi connectivity index (χ1n) is 6.25. The summed E-state index contributed by atoms with van der Waals surface area (Å²) in [7, 11) is 0. The van der Waals surface area contributed by atoms with E-state index in [2.05, 4.69) is 5.32 Å². The molecule has 4 N–H and O–H groups in total. The average Bonchev–Trinajstić information content (AvgIpc) is 2.33. The summed E-state index contributed by atoms with van der Waals surface area (Å²) in [5.74, 6) is 0. The molecule has 0 spiro atoms. The zero-order valence-corrected chi connectivity index (χ0v) is 11.3. The Kier molecular flexibility index (Phi) is 5.11. The lowest BCUT2D eigenvalue weighted by molar-refractivity contribution is -0.383. The Morgan fingerprint density at radius 2 is 2.16 bits per heavy atom. The highest BCUT2D eigenvalue weighted by molar-refractivity contribution is 5.74. The number of nitro benzene ring substituents is 1. The standard InChI is InChI=1S/C13H21N3O3/c1-13(2,7-4-8-17)9-15-11-6-3-5-10(14)12(11)16(18)19/h3,5-6,15,17H,4,7-9,14H2,1-2H3. The van der Waals surface area contributed by atoms with Crippen LogP contribution in [0.15, 0.2) is 18.2 Å². The van der Waals surface area contributed by atoms with Gasteiger partial charge in [-0.1, -0.05) is 19.9 Å². The number of rotatable bonds is 7. The summed E-state index contributed by atoms with van der Waals surface area (Å²) in [6.07, 6.45) is 1.56. The van der Waals surface area contributed by atoms with Crippen LogP contribution in [0.4, 0.5) is 17.1 Å². The molecular weight excluding hydrogens is 246 g/mol. The Morgan fingerprint density at radius 3 is 2.74 bits per heavy atom. The summed E-state index contributed by atoms with van der Waals surface area (Å²) >= 11 is 0. The van der Waals surface area contributed by atoms with Crippen LogP contribution < -0.4 is 11.1 Å². The molecule has 0 amide bonds. The maximum absolute atomic E-state index is 11.0. The van der Waals surface area contributed by atoms with Crippen molar-refractivity contribution in [1.29, 1.82) is 0 Å². The first-order valence-corrected chi connectivity index (χ1v) is 6.25. The SMILES string of the molecule is CC(C)(CCCO)CNc1cccc(N)c1[N+](=O)[O-]. The lowest BCUT2D eigenvalue weighted by Gasteiger charge is -2.25. The van der Waals surface area contributed by atoms with Crippen LogP contribution in [0.2, 0.25) is 0 Å². The molecular formula is C13H21N3O3. The number of hydrogen-bond donors (Lipinski definition) is 3. The molecule has 1 aromatic carbocycles. The fourth-order valence-electron chi connectivity index (χ4n) is 1.89. The van der Waals surface area contributed by atoms with Gasteiger partial charge < -0.3 is 16.2 Å². The zero-order valence-electron chi connectivity index (χ0n) is 11.3. The van der Waals surface area contributed by atoms with E-state index in [0.29, 0.717) is 18.7 Å². The van der Waals surface area contributed by atoms with Crippen molar-refractivity contribution in [3.63, 3.8) is 0 Å². The van der Waals surface area contributed by atoms with Gasteiger partial charge in [0, 0.05) is 13.2 Å². The molecule has 1 rings (SSSR count). The molecule has 0 radical (unpaired) electrons. The van der Waals surface area contributed by atoms with Gasteiger partial charge in [0.2, 0.25) is 0 Å². The summed E-state index contributed by atoms with van der Waals surface area (Å²) in [6.45, 7) is 4.83. The van der Waals surface area contributed by atoms with E-state index in [1.807, 2.05) is 13.8 Å². The van der Waals surface area contributed by atoms with Gasteiger partial charge in [-0.15, -0.1) is 0 Å². The molecule has 0 fully saturated rings. The number of benzene rings is 1. The Labute approximate surface area is 112 Å².